The quantitative estimate of drug-likeness (QED) is 0.644. The Balaban J connectivity index is 3.31. The molecule has 0 aromatic heterocycles. The van der Waals surface area contributed by atoms with E-state index in [1.165, 1.54) is 13.8 Å². The normalized spacial score (nSPS) is 12.2. The Morgan fingerprint density at radius 3 is 2.50 bits per heavy atom. The predicted octanol–water partition coefficient (Wildman–Crippen LogP) is 1.41. The van der Waals surface area contributed by atoms with Crippen LogP contribution in [0.5, 0.6) is 0 Å². The van der Waals surface area contributed by atoms with Gasteiger partial charge in [0.15, 0.2) is 0 Å². The van der Waals surface area contributed by atoms with Crippen molar-refractivity contribution in [1.82, 2.24) is 4.72 Å². The van der Waals surface area contributed by atoms with Gasteiger partial charge in [-0.2, -0.15) is 4.72 Å². The zero-order valence-electron chi connectivity index (χ0n) is 10.4. The number of terminal acetylenes is 1. The molecule has 0 spiro atoms. The van der Waals surface area contributed by atoms with E-state index in [0.29, 0.717) is 5.56 Å². The van der Waals surface area contributed by atoms with Gasteiger partial charge in [-0.1, -0.05) is 5.92 Å². The van der Waals surface area contributed by atoms with Crippen molar-refractivity contribution in [3.05, 3.63) is 23.5 Å². The summed E-state index contributed by atoms with van der Waals surface area (Å²) >= 11 is 0. The van der Waals surface area contributed by atoms with Gasteiger partial charge in [0, 0.05) is 5.69 Å². The molecule has 0 atom stereocenters. The van der Waals surface area contributed by atoms with E-state index in [1.807, 2.05) is 0 Å². The highest BCUT2D eigenvalue weighted by molar-refractivity contribution is 7.89. The minimum atomic E-state index is -4.05. The number of halogens is 1. The maximum Gasteiger partial charge on any atom is 0.244 e. The minimum absolute atomic E-state index is 0.204. The second-order valence-corrected chi connectivity index (χ2v) is 6.16. The maximum absolute atomic E-state index is 13.7. The van der Waals surface area contributed by atoms with Crippen LogP contribution in [0.3, 0.4) is 0 Å². The van der Waals surface area contributed by atoms with Crippen LogP contribution in [0.15, 0.2) is 17.0 Å². The van der Waals surface area contributed by atoms with Crippen molar-refractivity contribution in [3.8, 4) is 12.3 Å². The fourth-order valence-corrected chi connectivity index (χ4v) is 2.73. The molecule has 0 saturated carbocycles. The van der Waals surface area contributed by atoms with Crippen molar-refractivity contribution in [2.24, 2.45) is 0 Å². The highest BCUT2D eigenvalue weighted by Gasteiger charge is 2.27. The summed E-state index contributed by atoms with van der Waals surface area (Å²) in [7, 11) is -4.05. The molecule has 0 bridgehead atoms. The van der Waals surface area contributed by atoms with Gasteiger partial charge in [-0.25, -0.2) is 12.8 Å². The fourth-order valence-electron chi connectivity index (χ4n) is 1.29. The third kappa shape index (κ3) is 3.00. The summed E-state index contributed by atoms with van der Waals surface area (Å²) in [6.07, 6.45) is 5.19. The smallest absolute Gasteiger partial charge is 0.244 e. The predicted molar refractivity (Wildman–Crippen MR) is 68.8 cm³/mol. The van der Waals surface area contributed by atoms with Crippen LogP contribution >= 0.6 is 0 Å². The number of nitrogens with two attached hydrogens (primary N) is 1. The molecule has 0 aliphatic rings. The van der Waals surface area contributed by atoms with E-state index in [2.05, 4.69) is 10.6 Å². The van der Waals surface area contributed by atoms with Gasteiger partial charge in [-0.05, 0) is 38.5 Å². The monoisotopic (exact) mass is 270 g/mol. The van der Waals surface area contributed by atoms with Gasteiger partial charge in [-0.3, -0.25) is 0 Å². The molecule has 0 unspecified atom stereocenters. The number of hydrogen-bond acceptors (Lipinski definition) is 3. The Morgan fingerprint density at radius 2 is 2.00 bits per heavy atom. The second kappa shape index (κ2) is 4.59. The molecule has 1 aromatic rings. The molecule has 18 heavy (non-hydrogen) atoms. The summed E-state index contributed by atoms with van der Waals surface area (Å²) in [4.78, 5) is -0.506. The molecule has 1 aromatic carbocycles. The van der Waals surface area contributed by atoms with E-state index in [1.54, 1.807) is 6.92 Å². The summed E-state index contributed by atoms with van der Waals surface area (Å²) in [6, 6.07) is 2.16. The number of anilines is 1. The van der Waals surface area contributed by atoms with Crippen molar-refractivity contribution in [2.45, 2.75) is 31.2 Å². The van der Waals surface area contributed by atoms with Crippen LogP contribution < -0.4 is 10.5 Å². The Labute approximate surface area is 106 Å². The van der Waals surface area contributed by atoms with Crippen molar-refractivity contribution in [3.63, 3.8) is 0 Å². The van der Waals surface area contributed by atoms with Crippen molar-refractivity contribution >= 4 is 15.7 Å². The first kappa shape index (κ1) is 14.5. The summed E-state index contributed by atoms with van der Waals surface area (Å²) in [5.41, 5.74) is 5.16. The molecule has 0 fully saturated rings. The molecular formula is C12H15FN2O2S. The molecule has 0 radical (unpaired) electrons. The van der Waals surface area contributed by atoms with Crippen LogP contribution in [0, 0.1) is 25.1 Å². The summed E-state index contributed by atoms with van der Waals surface area (Å²) in [6.45, 7) is 4.59. The minimum Gasteiger partial charge on any atom is -0.398 e. The highest BCUT2D eigenvalue weighted by atomic mass is 32.2. The van der Waals surface area contributed by atoms with Gasteiger partial charge in [0.05, 0.1) is 5.54 Å². The first-order valence-corrected chi connectivity index (χ1v) is 6.65. The van der Waals surface area contributed by atoms with Crippen molar-refractivity contribution in [1.29, 1.82) is 0 Å². The fraction of sp³-hybridized carbons (Fsp3) is 0.333. The summed E-state index contributed by atoms with van der Waals surface area (Å²) < 4.78 is 39.9. The number of benzene rings is 1. The summed E-state index contributed by atoms with van der Waals surface area (Å²) in [5, 5.41) is 0. The Bertz CT molecular complexity index is 616. The van der Waals surface area contributed by atoms with E-state index >= 15 is 0 Å². The lowest BCUT2D eigenvalue weighted by atomic mass is 10.1. The van der Waals surface area contributed by atoms with Crippen LogP contribution in [-0.4, -0.2) is 14.0 Å². The van der Waals surface area contributed by atoms with Crippen LogP contribution in [0.2, 0.25) is 0 Å². The molecule has 3 N–H and O–H groups in total. The average molecular weight is 270 g/mol. The third-order valence-corrected chi connectivity index (χ3v) is 4.03. The lowest BCUT2D eigenvalue weighted by Gasteiger charge is -2.20. The zero-order valence-corrected chi connectivity index (χ0v) is 11.2. The molecule has 98 valence electrons. The number of hydrogen-bond donors (Lipinski definition) is 2. The largest absolute Gasteiger partial charge is 0.398 e. The van der Waals surface area contributed by atoms with Gasteiger partial charge < -0.3 is 5.73 Å². The van der Waals surface area contributed by atoms with E-state index in [0.717, 1.165) is 12.1 Å². The van der Waals surface area contributed by atoms with Gasteiger partial charge >= 0.3 is 0 Å². The number of aryl methyl sites for hydroxylation is 1. The molecule has 1 rings (SSSR count). The molecule has 0 aliphatic carbocycles. The van der Waals surface area contributed by atoms with E-state index in [4.69, 9.17) is 12.2 Å². The Morgan fingerprint density at radius 1 is 1.44 bits per heavy atom. The number of nitrogen functional groups attached to an aromatic ring is 1. The van der Waals surface area contributed by atoms with E-state index in [9.17, 15) is 12.8 Å². The van der Waals surface area contributed by atoms with Gasteiger partial charge in [-0.15, -0.1) is 6.42 Å². The number of nitrogens with one attached hydrogen (secondary N) is 1. The highest BCUT2D eigenvalue weighted by Crippen LogP contribution is 2.22. The maximum atomic E-state index is 13.7. The molecule has 0 amide bonds. The lowest BCUT2D eigenvalue weighted by Crippen LogP contribution is -2.42. The van der Waals surface area contributed by atoms with Crippen molar-refractivity contribution < 1.29 is 12.8 Å². The summed E-state index contributed by atoms with van der Waals surface area (Å²) in [5.74, 6) is 1.41. The van der Waals surface area contributed by atoms with E-state index < -0.39 is 26.3 Å². The van der Waals surface area contributed by atoms with Crippen molar-refractivity contribution in [2.75, 3.05) is 5.73 Å². The van der Waals surface area contributed by atoms with Gasteiger partial charge in [0.2, 0.25) is 10.0 Å². The van der Waals surface area contributed by atoms with Gasteiger partial charge in [0.1, 0.15) is 10.7 Å². The van der Waals surface area contributed by atoms with E-state index in [-0.39, 0.29) is 5.69 Å². The van der Waals surface area contributed by atoms with Crippen LogP contribution in [0.1, 0.15) is 19.4 Å². The topological polar surface area (TPSA) is 72.2 Å². The molecule has 0 aliphatic heterocycles. The SMILES string of the molecule is C#CC(C)(C)NS(=O)(=O)c1cc(N)c(C)cc1F. The van der Waals surface area contributed by atoms with Crippen LogP contribution in [-0.2, 0) is 10.0 Å². The molecular weight excluding hydrogens is 255 g/mol. The average Bonchev–Trinajstić information content (AvgIpc) is 2.21. The first-order valence-electron chi connectivity index (χ1n) is 5.16. The van der Waals surface area contributed by atoms with Gasteiger partial charge in [0.25, 0.3) is 0 Å². The molecule has 4 nitrogen and oxygen atoms in total. The second-order valence-electron chi connectivity index (χ2n) is 4.51. The van der Waals surface area contributed by atoms with Crippen LogP contribution in [0.25, 0.3) is 0 Å². The number of rotatable bonds is 3. The molecule has 0 saturated heterocycles. The standard InChI is InChI=1S/C12H15FN2O2S/c1-5-12(3,4)15-18(16,17)11-7-10(14)8(2)6-9(11)13/h1,6-7,15H,14H2,2-4H3. The number of sulfonamides is 1. The first-order chi connectivity index (χ1) is 8.09. The third-order valence-electron chi connectivity index (χ3n) is 2.36. The molecule has 0 heterocycles. The zero-order chi connectivity index (χ0) is 14.1. The lowest BCUT2D eigenvalue weighted by molar-refractivity contribution is 0.526. The molecule has 6 heteroatoms. The Hall–Kier alpha value is -1.58. The Kier molecular flexibility index (Phi) is 3.70. The van der Waals surface area contributed by atoms with Crippen LogP contribution in [0.4, 0.5) is 10.1 Å².